The Morgan fingerprint density at radius 3 is 2.50 bits per heavy atom. The third-order valence-electron chi connectivity index (χ3n) is 3.83. The van der Waals surface area contributed by atoms with Gasteiger partial charge in [0.1, 0.15) is 11.5 Å². The van der Waals surface area contributed by atoms with Crippen LogP contribution < -0.4 is 10.1 Å². The molecule has 0 bridgehead atoms. The van der Waals surface area contributed by atoms with E-state index in [1.807, 2.05) is 24.3 Å². The van der Waals surface area contributed by atoms with Gasteiger partial charge in [-0.1, -0.05) is 18.2 Å². The van der Waals surface area contributed by atoms with Crippen molar-refractivity contribution in [3.63, 3.8) is 0 Å². The van der Waals surface area contributed by atoms with E-state index in [1.54, 1.807) is 37.4 Å². The Morgan fingerprint density at radius 1 is 1.08 bits per heavy atom. The van der Waals surface area contributed by atoms with Crippen molar-refractivity contribution in [2.45, 2.75) is 6.54 Å². The number of methoxy groups -OCH3 is 1. The van der Waals surface area contributed by atoms with E-state index < -0.39 is 5.97 Å². The molecule has 0 fully saturated rings. The van der Waals surface area contributed by atoms with Crippen molar-refractivity contribution in [1.82, 2.24) is 5.32 Å². The molecule has 0 spiro atoms. The van der Waals surface area contributed by atoms with Gasteiger partial charge >= 0.3 is 5.97 Å². The lowest BCUT2D eigenvalue weighted by Crippen LogP contribution is -2.22. The fraction of sp³-hybridized carbons (Fsp3) is 0.100. The zero-order chi connectivity index (χ0) is 18.5. The van der Waals surface area contributed by atoms with Crippen LogP contribution in [-0.2, 0) is 6.54 Å². The maximum atomic E-state index is 12.2. The lowest BCUT2D eigenvalue weighted by molar-refractivity contribution is 0.0663. The summed E-state index contributed by atoms with van der Waals surface area (Å²) in [5, 5.41) is 11.8. The van der Waals surface area contributed by atoms with Crippen molar-refractivity contribution in [3.05, 3.63) is 77.6 Å². The lowest BCUT2D eigenvalue weighted by Gasteiger charge is -2.07. The summed E-state index contributed by atoms with van der Waals surface area (Å²) in [6, 6.07) is 17.2. The molecule has 1 amide bonds. The molecule has 0 saturated carbocycles. The van der Waals surface area contributed by atoms with Crippen molar-refractivity contribution < 1.29 is 23.8 Å². The molecular formula is C20H17NO5. The third kappa shape index (κ3) is 3.92. The number of nitrogens with one attached hydrogen (secondary N) is 1. The Labute approximate surface area is 150 Å². The summed E-state index contributed by atoms with van der Waals surface area (Å²) >= 11 is 0. The zero-order valence-corrected chi connectivity index (χ0v) is 14.1. The van der Waals surface area contributed by atoms with Crippen molar-refractivity contribution in [2.75, 3.05) is 7.11 Å². The Balaban J connectivity index is 1.68. The number of hydrogen-bond acceptors (Lipinski definition) is 4. The summed E-state index contributed by atoms with van der Waals surface area (Å²) in [5.74, 6) is -0.263. The summed E-state index contributed by atoms with van der Waals surface area (Å²) in [6.45, 7) is 0.338. The van der Waals surface area contributed by atoms with Gasteiger partial charge in [0.2, 0.25) is 5.76 Å². The van der Waals surface area contributed by atoms with Crippen LogP contribution >= 0.6 is 0 Å². The molecule has 1 aromatic heterocycles. The molecule has 0 aliphatic rings. The SMILES string of the molecule is COc1ccc(C(=O)NCc2cccc(-c3ccc(C(=O)O)o3)c2)cc1. The molecule has 3 aromatic rings. The molecule has 132 valence electrons. The Hall–Kier alpha value is -3.54. The van der Waals surface area contributed by atoms with Crippen molar-refractivity contribution in [3.8, 4) is 17.1 Å². The van der Waals surface area contributed by atoms with Crippen LogP contribution in [0.15, 0.2) is 65.1 Å². The number of rotatable bonds is 6. The fourth-order valence-corrected chi connectivity index (χ4v) is 2.47. The van der Waals surface area contributed by atoms with E-state index in [9.17, 15) is 9.59 Å². The van der Waals surface area contributed by atoms with Gasteiger partial charge in [0, 0.05) is 17.7 Å². The molecule has 3 rings (SSSR count). The summed E-state index contributed by atoms with van der Waals surface area (Å²) in [6.07, 6.45) is 0. The number of carboxylic acid groups (broad SMARTS) is 1. The molecule has 2 aromatic carbocycles. The topological polar surface area (TPSA) is 88.8 Å². The number of aromatic carboxylic acids is 1. The van der Waals surface area contributed by atoms with Crippen LogP contribution in [0.3, 0.4) is 0 Å². The van der Waals surface area contributed by atoms with E-state index in [4.69, 9.17) is 14.3 Å². The molecule has 0 aliphatic carbocycles. The van der Waals surface area contributed by atoms with Gasteiger partial charge in [0.25, 0.3) is 5.91 Å². The van der Waals surface area contributed by atoms with Crippen LogP contribution in [0.25, 0.3) is 11.3 Å². The van der Waals surface area contributed by atoms with Gasteiger partial charge in [-0.2, -0.15) is 0 Å². The van der Waals surface area contributed by atoms with Crippen molar-refractivity contribution in [2.24, 2.45) is 0 Å². The zero-order valence-electron chi connectivity index (χ0n) is 14.1. The van der Waals surface area contributed by atoms with E-state index in [2.05, 4.69) is 5.32 Å². The monoisotopic (exact) mass is 351 g/mol. The van der Waals surface area contributed by atoms with Gasteiger partial charge in [-0.15, -0.1) is 0 Å². The van der Waals surface area contributed by atoms with Crippen LogP contribution in [0.4, 0.5) is 0 Å². The van der Waals surface area contributed by atoms with Crippen molar-refractivity contribution >= 4 is 11.9 Å². The Bertz CT molecular complexity index is 927. The first-order valence-electron chi connectivity index (χ1n) is 7.91. The van der Waals surface area contributed by atoms with Gasteiger partial charge in [-0.05, 0) is 48.0 Å². The molecule has 0 saturated heterocycles. The molecule has 0 atom stereocenters. The summed E-state index contributed by atoms with van der Waals surface area (Å²) in [4.78, 5) is 23.1. The first-order valence-corrected chi connectivity index (χ1v) is 7.91. The third-order valence-corrected chi connectivity index (χ3v) is 3.83. The smallest absolute Gasteiger partial charge is 0.371 e. The van der Waals surface area contributed by atoms with Crippen LogP contribution in [0.2, 0.25) is 0 Å². The molecule has 6 heteroatoms. The average Bonchev–Trinajstić information content (AvgIpc) is 3.17. The van der Waals surface area contributed by atoms with Crippen LogP contribution in [-0.4, -0.2) is 24.1 Å². The summed E-state index contributed by atoms with van der Waals surface area (Å²) in [7, 11) is 1.57. The predicted molar refractivity (Wildman–Crippen MR) is 95.3 cm³/mol. The molecule has 26 heavy (non-hydrogen) atoms. The molecule has 0 aliphatic heterocycles. The standard InChI is InChI=1S/C20H17NO5/c1-25-16-7-5-14(6-8-16)19(22)21-12-13-3-2-4-15(11-13)17-9-10-18(26-17)20(23)24/h2-11H,12H2,1H3,(H,21,22)(H,23,24). The Morgan fingerprint density at radius 2 is 1.85 bits per heavy atom. The number of amides is 1. The first-order chi connectivity index (χ1) is 12.6. The molecule has 0 radical (unpaired) electrons. The highest BCUT2D eigenvalue weighted by Crippen LogP contribution is 2.23. The summed E-state index contributed by atoms with van der Waals surface area (Å²) in [5.41, 5.74) is 2.16. The van der Waals surface area contributed by atoms with Gasteiger partial charge in [0.15, 0.2) is 0 Å². The van der Waals surface area contributed by atoms with Crippen molar-refractivity contribution in [1.29, 1.82) is 0 Å². The van der Waals surface area contributed by atoms with E-state index in [1.165, 1.54) is 6.07 Å². The number of benzene rings is 2. The number of carboxylic acids is 1. The van der Waals surface area contributed by atoms with Crippen LogP contribution in [0.5, 0.6) is 5.75 Å². The number of hydrogen-bond donors (Lipinski definition) is 2. The average molecular weight is 351 g/mol. The highest BCUT2D eigenvalue weighted by Gasteiger charge is 2.11. The van der Waals surface area contributed by atoms with E-state index in [0.717, 1.165) is 11.1 Å². The van der Waals surface area contributed by atoms with Crippen LogP contribution in [0.1, 0.15) is 26.5 Å². The van der Waals surface area contributed by atoms with Gasteiger partial charge in [-0.25, -0.2) is 4.79 Å². The normalized spacial score (nSPS) is 10.3. The predicted octanol–water partition coefficient (Wildman–Crippen LogP) is 3.58. The van der Waals surface area contributed by atoms with E-state index >= 15 is 0 Å². The van der Waals surface area contributed by atoms with E-state index in [-0.39, 0.29) is 11.7 Å². The molecule has 2 N–H and O–H groups in total. The van der Waals surface area contributed by atoms with E-state index in [0.29, 0.717) is 23.6 Å². The minimum Gasteiger partial charge on any atom is -0.497 e. The van der Waals surface area contributed by atoms with Crippen LogP contribution in [0, 0.1) is 0 Å². The molecular weight excluding hydrogens is 334 g/mol. The first kappa shape index (κ1) is 17.3. The second-order valence-electron chi connectivity index (χ2n) is 5.58. The molecule has 1 heterocycles. The fourth-order valence-electron chi connectivity index (χ4n) is 2.47. The highest BCUT2D eigenvalue weighted by atomic mass is 16.5. The van der Waals surface area contributed by atoms with Gasteiger partial charge in [-0.3, -0.25) is 4.79 Å². The number of carbonyl (C=O) groups is 2. The number of ether oxygens (including phenoxy) is 1. The quantitative estimate of drug-likeness (QED) is 0.708. The van der Waals surface area contributed by atoms with Gasteiger partial charge < -0.3 is 19.6 Å². The minimum atomic E-state index is -1.11. The largest absolute Gasteiger partial charge is 0.497 e. The number of furan rings is 1. The molecule has 6 nitrogen and oxygen atoms in total. The summed E-state index contributed by atoms with van der Waals surface area (Å²) < 4.78 is 10.4. The maximum absolute atomic E-state index is 12.2. The molecule has 0 unspecified atom stereocenters. The second kappa shape index (κ2) is 7.57. The number of carbonyl (C=O) groups excluding carboxylic acids is 1. The lowest BCUT2D eigenvalue weighted by atomic mass is 10.1. The van der Waals surface area contributed by atoms with Gasteiger partial charge in [0.05, 0.1) is 7.11 Å². The minimum absolute atomic E-state index is 0.113. The Kier molecular flexibility index (Phi) is 5.03. The highest BCUT2D eigenvalue weighted by molar-refractivity contribution is 5.94. The second-order valence-corrected chi connectivity index (χ2v) is 5.58. The maximum Gasteiger partial charge on any atom is 0.371 e.